The first-order chi connectivity index (χ1) is 8.46. The molecule has 2 rings (SSSR count). The summed E-state index contributed by atoms with van der Waals surface area (Å²) < 4.78 is 22.5. The summed E-state index contributed by atoms with van der Waals surface area (Å²) >= 11 is 1.09. The fourth-order valence-corrected chi connectivity index (χ4v) is 4.44. The second kappa shape index (κ2) is 5.33. The number of carboxylic acids is 1. The summed E-state index contributed by atoms with van der Waals surface area (Å²) in [6.07, 6.45) is 0.701. The normalized spacial score (nSPS) is 22.1. The van der Waals surface area contributed by atoms with E-state index in [1.54, 1.807) is 5.38 Å². The van der Waals surface area contributed by atoms with Crippen LogP contribution >= 0.6 is 11.3 Å². The van der Waals surface area contributed by atoms with Crippen molar-refractivity contribution in [1.82, 2.24) is 10.3 Å². The number of nitrogens with one attached hydrogen (secondary N) is 1. The van der Waals surface area contributed by atoms with E-state index in [1.807, 2.05) is 0 Å². The van der Waals surface area contributed by atoms with Crippen LogP contribution in [0.15, 0.2) is 5.38 Å². The minimum Gasteiger partial charge on any atom is -0.476 e. The topological polar surface area (TPSA) is 96.4 Å². The van der Waals surface area contributed by atoms with Gasteiger partial charge in [0.1, 0.15) is 0 Å². The summed E-state index contributed by atoms with van der Waals surface area (Å²) in [6, 6.07) is 0. The van der Waals surface area contributed by atoms with Crippen LogP contribution in [0.2, 0.25) is 0 Å². The molecule has 0 saturated carbocycles. The molecule has 100 valence electrons. The number of nitrogens with zero attached hydrogens (tertiary/aromatic N) is 1. The number of thiazole rings is 1. The van der Waals surface area contributed by atoms with Crippen molar-refractivity contribution >= 4 is 27.1 Å². The second-order valence-corrected chi connectivity index (χ2v) is 7.44. The summed E-state index contributed by atoms with van der Waals surface area (Å²) in [6.45, 7) is 1.10. The first-order valence-electron chi connectivity index (χ1n) is 5.55. The van der Waals surface area contributed by atoms with Gasteiger partial charge in [-0.3, -0.25) is 0 Å². The van der Waals surface area contributed by atoms with Gasteiger partial charge in [-0.15, -0.1) is 11.3 Å². The zero-order valence-electron chi connectivity index (χ0n) is 9.63. The van der Waals surface area contributed by atoms with Gasteiger partial charge in [0.25, 0.3) is 0 Å². The van der Waals surface area contributed by atoms with E-state index in [0.717, 1.165) is 11.3 Å². The molecule has 1 aliphatic heterocycles. The number of sulfone groups is 1. The monoisotopic (exact) mass is 290 g/mol. The van der Waals surface area contributed by atoms with Crippen molar-refractivity contribution in [2.24, 2.45) is 5.92 Å². The van der Waals surface area contributed by atoms with Gasteiger partial charge in [0.2, 0.25) is 5.01 Å². The molecule has 1 fully saturated rings. The van der Waals surface area contributed by atoms with Crippen LogP contribution in [-0.4, -0.2) is 42.5 Å². The average molecular weight is 290 g/mol. The molecule has 0 bridgehead atoms. The molecule has 8 heteroatoms. The molecule has 1 aromatic heterocycles. The summed E-state index contributed by atoms with van der Waals surface area (Å²) in [5.41, 5.74) is 0.679. The maximum Gasteiger partial charge on any atom is 0.365 e. The van der Waals surface area contributed by atoms with Crippen molar-refractivity contribution in [3.8, 4) is 0 Å². The summed E-state index contributed by atoms with van der Waals surface area (Å²) in [5.74, 6) is -0.336. The van der Waals surface area contributed by atoms with Gasteiger partial charge in [0.05, 0.1) is 17.2 Å². The Balaban J connectivity index is 1.77. The molecular weight excluding hydrogens is 276 g/mol. The number of hydrogen-bond acceptors (Lipinski definition) is 6. The lowest BCUT2D eigenvalue weighted by atomic mass is 10.1. The van der Waals surface area contributed by atoms with E-state index in [2.05, 4.69) is 10.3 Å². The quantitative estimate of drug-likeness (QED) is 0.813. The third kappa shape index (κ3) is 3.50. The van der Waals surface area contributed by atoms with Gasteiger partial charge in [-0.2, -0.15) is 0 Å². The summed E-state index contributed by atoms with van der Waals surface area (Å²) in [7, 11) is -2.83. The van der Waals surface area contributed by atoms with E-state index in [9.17, 15) is 13.2 Å². The molecule has 18 heavy (non-hydrogen) atoms. The van der Waals surface area contributed by atoms with Gasteiger partial charge < -0.3 is 10.4 Å². The van der Waals surface area contributed by atoms with E-state index in [0.29, 0.717) is 25.2 Å². The van der Waals surface area contributed by atoms with E-state index >= 15 is 0 Å². The number of carboxylic acid groups (broad SMARTS) is 1. The number of aromatic nitrogens is 1. The third-order valence-electron chi connectivity index (χ3n) is 2.80. The van der Waals surface area contributed by atoms with Crippen LogP contribution in [0.5, 0.6) is 0 Å². The van der Waals surface area contributed by atoms with E-state index in [1.165, 1.54) is 0 Å². The zero-order chi connectivity index (χ0) is 13.2. The van der Waals surface area contributed by atoms with Crippen LogP contribution in [-0.2, 0) is 16.4 Å². The molecule has 1 saturated heterocycles. The van der Waals surface area contributed by atoms with Crippen molar-refractivity contribution in [2.75, 3.05) is 18.1 Å². The first-order valence-corrected chi connectivity index (χ1v) is 8.25. The van der Waals surface area contributed by atoms with Crippen molar-refractivity contribution in [3.05, 3.63) is 16.1 Å². The second-order valence-electron chi connectivity index (χ2n) is 4.35. The zero-order valence-corrected chi connectivity index (χ0v) is 11.3. The molecule has 0 spiro atoms. The molecule has 1 aliphatic rings. The Labute approximate surface area is 109 Å². The molecule has 1 unspecified atom stereocenters. The largest absolute Gasteiger partial charge is 0.476 e. The van der Waals surface area contributed by atoms with Crippen molar-refractivity contribution in [1.29, 1.82) is 0 Å². The summed E-state index contributed by atoms with van der Waals surface area (Å²) in [5, 5.41) is 13.6. The SMILES string of the molecule is O=C(O)c1nc(CNCC2CCS(=O)(=O)C2)cs1. The van der Waals surface area contributed by atoms with Crippen LogP contribution < -0.4 is 5.32 Å². The number of hydrogen-bond donors (Lipinski definition) is 2. The predicted octanol–water partition coefficient (Wildman–Crippen LogP) is 0.366. The highest BCUT2D eigenvalue weighted by molar-refractivity contribution is 7.91. The lowest BCUT2D eigenvalue weighted by molar-refractivity contribution is 0.0696. The molecule has 0 aliphatic carbocycles. The van der Waals surface area contributed by atoms with Crippen LogP contribution in [0.4, 0.5) is 0 Å². The highest BCUT2D eigenvalue weighted by Gasteiger charge is 2.27. The Morgan fingerprint density at radius 3 is 2.94 bits per heavy atom. The van der Waals surface area contributed by atoms with Crippen LogP contribution in [0, 0.1) is 5.92 Å². The van der Waals surface area contributed by atoms with Gasteiger partial charge in [0.15, 0.2) is 9.84 Å². The Morgan fingerprint density at radius 2 is 2.39 bits per heavy atom. The van der Waals surface area contributed by atoms with Gasteiger partial charge in [0, 0.05) is 11.9 Å². The van der Waals surface area contributed by atoms with Crippen molar-refractivity contribution in [3.63, 3.8) is 0 Å². The standard InChI is InChI=1S/C10H14N2O4S2/c13-10(14)9-12-8(5-17-9)4-11-3-7-1-2-18(15,16)6-7/h5,7,11H,1-4,6H2,(H,13,14). The molecule has 1 aromatic rings. The smallest absolute Gasteiger partial charge is 0.365 e. The van der Waals surface area contributed by atoms with Gasteiger partial charge in [-0.25, -0.2) is 18.2 Å². The van der Waals surface area contributed by atoms with Crippen LogP contribution in [0.1, 0.15) is 21.9 Å². The van der Waals surface area contributed by atoms with Gasteiger partial charge >= 0.3 is 5.97 Å². The Bertz CT molecular complexity index is 538. The van der Waals surface area contributed by atoms with Gasteiger partial charge in [-0.1, -0.05) is 0 Å². The molecule has 2 N–H and O–H groups in total. The maximum absolute atomic E-state index is 11.2. The lowest BCUT2D eigenvalue weighted by Gasteiger charge is -2.07. The minimum atomic E-state index is -2.83. The number of carbonyl (C=O) groups is 1. The first kappa shape index (κ1) is 13.4. The molecular formula is C10H14N2O4S2. The Kier molecular flexibility index (Phi) is 3.98. The fourth-order valence-electron chi connectivity index (χ4n) is 1.92. The fraction of sp³-hybridized carbons (Fsp3) is 0.600. The molecule has 0 aromatic carbocycles. The van der Waals surface area contributed by atoms with Crippen LogP contribution in [0.25, 0.3) is 0 Å². The highest BCUT2D eigenvalue weighted by atomic mass is 32.2. The molecule has 0 amide bonds. The predicted molar refractivity (Wildman–Crippen MR) is 67.5 cm³/mol. The van der Waals surface area contributed by atoms with Crippen LogP contribution in [0.3, 0.4) is 0 Å². The molecule has 2 heterocycles. The van der Waals surface area contributed by atoms with Crippen molar-refractivity contribution in [2.45, 2.75) is 13.0 Å². The Morgan fingerprint density at radius 1 is 1.61 bits per heavy atom. The number of aromatic carboxylic acids is 1. The van der Waals surface area contributed by atoms with E-state index < -0.39 is 15.8 Å². The molecule has 1 atom stereocenters. The maximum atomic E-state index is 11.2. The molecule has 6 nitrogen and oxygen atoms in total. The minimum absolute atomic E-state index is 0.0789. The Hall–Kier alpha value is -0.990. The number of rotatable bonds is 5. The third-order valence-corrected chi connectivity index (χ3v) is 5.52. The summed E-state index contributed by atoms with van der Waals surface area (Å²) in [4.78, 5) is 14.6. The van der Waals surface area contributed by atoms with Gasteiger partial charge in [-0.05, 0) is 18.9 Å². The average Bonchev–Trinajstić information content (AvgIpc) is 2.86. The molecule has 0 radical (unpaired) electrons. The lowest BCUT2D eigenvalue weighted by Crippen LogP contribution is -2.23. The highest BCUT2D eigenvalue weighted by Crippen LogP contribution is 2.17. The van der Waals surface area contributed by atoms with E-state index in [-0.39, 0.29) is 22.4 Å². The van der Waals surface area contributed by atoms with Crippen molar-refractivity contribution < 1.29 is 18.3 Å². The van der Waals surface area contributed by atoms with E-state index in [4.69, 9.17) is 5.11 Å².